The highest BCUT2D eigenvalue weighted by atomic mass is 127. The zero-order chi connectivity index (χ0) is 21.3. The predicted octanol–water partition coefficient (Wildman–Crippen LogP) is 1.56. The Kier molecular flexibility index (Phi) is 9.98. The number of anilines is 1. The van der Waals surface area contributed by atoms with Crippen LogP contribution in [0, 0.1) is 0 Å². The van der Waals surface area contributed by atoms with Crippen molar-refractivity contribution in [3.63, 3.8) is 0 Å². The van der Waals surface area contributed by atoms with Crippen molar-refractivity contribution in [3.05, 3.63) is 35.9 Å². The number of methoxy groups -OCH3 is 1. The molecule has 0 saturated heterocycles. The van der Waals surface area contributed by atoms with Crippen LogP contribution in [-0.4, -0.2) is 60.0 Å². The third-order valence-corrected chi connectivity index (χ3v) is 4.56. The molecule has 1 aromatic heterocycles. The van der Waals surface area contributed by atoms with Crippen molar-refractivity contribution in [3.8, 4) is 5.75 Å². The smallest absolute Gasteiger partial charge is 0.221 e. The molecule has 3 rings (SSSR count). The summed E-state index contributed by atoms with van der Waals surface area (Å²) >= 11 is 0. The van der Waals surface area contributed by atoms with Gasteiger partial charge in [-0.2, -0.15) is 5.10 Å². The summed E-state index contributed by atoms with van der Waals surface area (Å²) in [5.74, 6) is 3.02. The van der Waals surface area contributed by atoms with Crippen molar-refractivity contribution in [2.75, 3.05) is 32.6 Å². The molecule has 1 aromatic carbocycles. The van der Waals surface area contributed by atoms with Crippen LogP contribution in [0.1, 0.15) is 25.0 Å². The lowest BCUT2D eigenvalue weighted by molar-refractivity contribution is -0.114. The molecule has 2 aromatic rings. The molecule has 1 atom stereocenters. The van der Waals surface area contributed by atoms with E-state index >= 15 is 0 Å². The molecule has 31 heavy (non-hydrogen) atoms. The van der Waals surface area contributed by atoms with Gasteiger partial charge in [-0.15, -0.1) is 24.0 Å². The molecule has 0 fully saturated rings. The van der Waals surface area contributed by atoms with E-state index in [1.807, 2.05) is 22.9 Å². The van der Waals surface area contributed by atoms with Crippen LogP contribution in [0.4, 0.5) is 5.69 Å². The highest BCUT2D eigenvalue weighted by Gasteiger charge is 2.22. The second-order valence-electron chi connectivity index (χ2n) is 7.00. The van der Waals surface area contributed by atoms with Crippen LogP contribution in [0.25, 0.3) is 0 Å². The van der Waals surface area contributed by atoms with Gasteiger partial charge in [0.05, 0.1) is 13.1 Å². The van der Waals surface area contributed by atoms with Crippen molar-refractivity contribution in [1.82, 2.24) is 25.4 Å². The summed E-state index contributed by atoms with van der Waals surface area (Å²) in [5.41, 5.74) is 0.712. The third-order valence-electron chi connectivity index (χ3n) is 4.56. The van der Waals surface area contributed by atoms with Gasteiger partial charge in [0.15, 0.2) is 11.8 Å². The molecule has 10 nitrogen and oxygen atoms in total. The van der Waals surface area contributed by atoms with Crippen LogP contribution in [-0.2, 0) is 29.1 Å². The first-order valence-electron chi connectivity index (χ1n) is 9.96. The topological polar surface area (TPSA) is 115 Å². The van der Waals surface area contributed by atoms with Crippen LogP contribution < -0.4 is 20.7 Å². The molecule has 1 amide bonds. The van der Waals surface area contributed by atoms with Crippen LogP contribution in [0.5, 0.6) is 5.75 Å². The highest BCUT2D eigenvalue weighted by molar-refractivity contribution is 14.0. The predicted molar refractivity (Wildman–Crippen MR) is 129 cm³/mol. The fourth-order valence-corrected chi connectivity index (χ4v) is 3.26. The maximum Gasteiger partial charge on any atom is 0.221 e. The standard InChI is InChI=1S/C20H29N7O3.HI/c1-14(28)23-15-5-4-6-17(11-15)30-10-9-22-20(21-2)24-16-7-8-19-25-18(13-29-3)26-27(19)12-16;/h4-6,11,16H,7-10,12-13H2,1-3H3,(H,23,28)(H2,21,22,24);1H. The monoisotopic (exact) mass is 543 g/mol. The van der Waals surface area contributed by atoms with Gasteiger partial charge >= 0.3 is 0 Å². The number of benzene rings is 1. The van der Waals surface area contributed by atoms with E-state index in [9.17, 15) is 4.79 Å². The Labute approximate surface area is 199 Å². The minimum Gasteiger partial charge on any atom is -0.492 e. The molecule has 11 heteroatoms. The Balaban J connectivity index is 0.00000341. The largest absolute Gasteiger partial charge is 0.492 e. The number of nitrogens with one attached hydrogen (secondary N) is 3. The van der Waals surface area contributed by atoms with Crippen molar-refractivity contribution < 1.29 is 14.3 Å². The Morgan fingerprint density at radius 2 is 2.23 bits per heavy atom. The molecule has 2 heterocycles. The number of ether oxygens (including phenoxy) is 2. The van der Waals surface area contributed by atoms with Gasteiger partial charge in [-0.1, -0.05) is 6.07 Å². The van der Waals surface area contributed by atoms with E-state index in [-0.39, 0.29) is 35.9 Å². The van der Waals surface area contributed by atoms with Gasteiger partial charge < -0.3 is 25.4 Å². The summed E-state index contributed by atoms with van der Waals surface area (Å²) in [6.45, 7) is 3.69. The summed E-state index contributed by atoms with van der Waals surface area (Å²) < 4.78 is 12.8. The van der Waals surface area contributed by atoms with E-state index in [2.05, 4.69) is 31.0 Å². The lowest BCUT2D eigenvalue weighted by Gasteiger charge is -2.25. The minimum absolute atomic E-state index is 0. The first-order valence-corrected chi connectivity index (χ1v) is 9.96. The molecule has 0 radical (unpaired) electrons. The highest BCUT2D eigenvalue weighted by Crippen LogP contribution is 2.17. The van der Waals surface area contributed by atoms with E-state index in [0.29, 0.717) is 31.2 Å². The number of fused-ring (bicyclic) bond motifs is 1. The number of halogens is 1. The van der Waals surface area contributed by atoms with Crippen molar-refractivity contribution in [2.24, 2.45) is 4.99 Å². The molecule has 170 valence electrons. The molecule has 3 N–H and O–H groups in total. The summed E-state index contributed by atoms with van der Waals surface area (Å²) in [5, 5.41) is 13.9. The van der Waals surface area contributed by atoms with Crippen LogP contribution in [0.3, 0.4) is 0 Å². The molecule has 1 unspecified atom stereocenters. The van der Waals surface area contributed by atoms with Crippen molar-refractivity contribution in [2.45, 2.75) is 39.0 Å². The van der Waals surface area contributed by atoms with Gasteiger partial charge in [-0.3, -0.25) is 9.79 Å². The van der Waals surface area contributed by atoms with Gasteiger partial charge in [0, 0.05) is 45.3 Å². The number of aryl methyl sites for hydroxylation is 1. The first kappa shape index (κ1) is 24.9. The molecule has 0 bridgehead atoms. The molecule has 0 saturated carbocycles. The average molecular weight is 543 g/mol. The van der Waals surface area contributed by atoms with E-state index in [1.54, 1.807) is 20.2 Å². The Bertz CT molecular complexity index is 887. The number of aromatic nitrogens is 3. The summed E-state index contributed by atoms with van der Waals surface area (Å²) in [4.78, 5) is 19.9. The van der Waals surface area contributed by atoms with Gasteiger partial charge in [0.2, 0.25) is 5.91 Å². The molecule has 1 aliphatic heterocycles. The number of hydrogen-bond acceptors (Lipinski definition) is 6. The van der Waals surface area contributed by atoms with Crippen molar-refractivity contribution >= 4 is 41.5 Å². The number of amides is 1. The Morgan fingerprint density at radius 1 is 1.39 bits per heavy atom. The van der Waals surface area contributed by atoms with Crippen LogP contribution >= 0.6 is 24.0 Å². The lowest BCUT2D eigenvalue weighted by atomic mass is 10.1. The SMILES string of the molecule is CN=C(NCCOc1cccc(NC(C)=O)c1)NC1CCc2nc(COC)nn2C1.I. The molecular formula is C20H30IN7O3. The lowest BCUT2D eigenvalue weighted by Crippen LogP contribution is -2.47. The van der Waals surface area contributed by atoms with Gasteiger partial charge in [-0.05, 0) is 18.6 Å². The summed E-state index contributed by atoms with van der Waals surface area (Å²) in [6, 6.07) is 7.53. The average Bonchev–Trinajstić information content (AvgIpc) is 3.12. The fraction of sp³-hybridized carbons (Fsp3) is 0.500. The fourth-order valence-electron chi connectivity index (χ4n) is 3.26. The molecule has 1 aliphatic rings. The van der Waals surface area contributed by atoms with E-state index in [1.165, 1.54) is 6.92 Å². The summed E-state index contributed by atoms with van der Waals surface area (Å²) in [7, 11) is 3.39. The van der Waals surface area contributed by atoms with Gasteiger partial charge in [0.25, 0.3) is 0 Å². The maximum atomic E-state index is 11.2. The van der Waals surface area contributed by atoms with E-state index < -0.39 is 0 Å². The van der Waals surface area contributed by atoms with Crippen LogP contribution in [0.15, 0.2) is 29.3 Å². The number of hydrogen-bond donors (Lipinski definition) is 3. The third kappa shape index (κ3) is 7.65. The zero-order valence-electron chi connectivity index (χ0n) is 18.1. The number of nitrogens with zero attached hydrogens (tertiary/aromatic N) is 4. The van der Waals surface area contributed by atoms with E-state index in [0.717, 1.165) is 37.0 Å². The quantitative estimate of drug-likeness (QED) is 0.201. The number of rotatable bonds is 8. The Morgan fingerprint density at radius 3 is 2.97 bits per heavy atom. The summed E-state index contributed by atoms with van der Waals surface area (Å²) in [6.07, 6.45) is 1.82. The number of aliphatic imine (C=N–C) groups is 1. The van der Waals surface area contributed by atoms with Gasteiger partial charge in [-0.25, -0.2) is 9.67 Å². The molecule has 0 spiro atoms. The van der Waals surface area contributed by atoms with E-state index in [4.69, 9.17) is 9.47 Å². The second kappa shape index (κ2) is 12.4. The number of carbonyl (C=O) groups is 1. The molecule has 0 aliphatic carbocycles. The second-order valence-corrected chi connectivity index (χ2v) is 7.00. The maximum absolute atomic E-state index is 11.2. The molecular weight excluding hydrogens is 513 g/mol. The Hall–Kier alpha value is -2.41. The van der Waals surface area contributed by atoms with Gasteiger partial charge in [0.1, 0.15) is 24.8 Å². The normalized spacial score (nSPS) is 15.5. The zero-order valence-corrected chi connectivity index (χ0v) is 20.4. The first-order chi connectivity index (χ1) is 14.6. The number of guanidine groups is 1. The van der Waals surface area contributed by atoms with Crippen LogP contribution in [0.2, 0.25) is 0 Å². The minimum atomic E-state index is -0.112. The number of carbonyl (C=O) groups excluding carboxylic acids is 1. The van der Waals surface area contributed by atoms with Crippen molar-refractivity contribution in [1.29, 1.82) is 0 Å².